The number of aliphatic imine (C=N–C) groups is 1. The highest BCUT2D eigenvalue weighted by Crippen LogP contribution is 2.21. The molecule has 2 saturated heterocycles. The summed E-state index contributed by atoms with van der Waals surface area (Å²) in [7, 11) is 1.81. The van der Waals surface area contributed by atoms with Crippen molar-refractivity contribution in [2.75, 3.05) is 57.8 Å². The molecule has 2 heterocycles. The normalized spacial score (nSPS) is 17.5. The maximum atomic E-state index is 11.9. The summed E-state index contributed by atoms with van der Waals surface area (Å²) >= 11 is 0. The Balaban J connectivity index is 0.00000324. The van der Waals surface area contributed by atoms with Gasteiger partial charge in [0, 0.05) is 78.1 Å². The summed E-state index contributed by atoms with van der Waals surface area (Å²) in [5.41, 5.74) is 3.55. The lowest BCUT2D eigenvalue weighted by Crippen LogP contribution is -2.48. The van der Waals surface area contributed by atoms with Crippen LogP contribution in [0.1, 0.15) is 24.0 Å². The first-order valence-corrected chi connectivity index (χ1v) is 12.0. The minimum absolute atomic E-state index is 0. The van der Waals surface area contributed by atoms with Crippen molar-refractivity contribution in [3.8, 4) is 0 Å². The highest BCUT2D eigenvalue weighted by Gasteiger charge is 2.21. The summed E-state index contributed by atoms with van der Waals surface area (Å²) in [5.74, 6) is 1.04. The monoisotopic (exact) mass is 576 g/mol. The summed E-state index contributed by atoms with van der Waals surface area (Å²) in [6.07, 6.45) is 1.61. The lowest BCUT2D eigenvalue weighted by molar-refractivity contribution is -0.117. The molecular formula is C26H37IN6O. The van der Waals surface area contributed by atoms with Crippen molar-refractivity contribution < 1.29 is 4.79 Å². The van der Waals surface area contributed by atoms with Gasteiger partial charge >= 0.3 is 0 Å². The van der Waals surface area contributed by atoms with Gasteiger partial charge in [-0.15, -0.1) is 24.0 Å². The Bertz CT molecular complexity index is 913. The highest BCUT2D eigenvalue weighted by atomic mass is 127. The predicted molar refractivity (Wildman–Crippen MR) is 150 cm³/mol. The number of anilines is 1. The number of hydrogen-bond acceptors (Lipinski definition) is 4. The van der Waals surface area contributed by atoms with Crippen molar-refractivity contribution in [2.45, 2.75) is 25.9 Å². The Morgan fingerprint density at radius 2 is 1.59 bits per heavy atom. The number of piperazine rings is 1. The lowest BCUT2D eigenvalue weighted by atomic mass is 10.2. The van der Waals surface area contributed by atoms with Crippen molar-refractivity contribution in [1.82, 2.24) is 20.4 Å². The number of benzene rings is 2. The number of rotatable bonds is 8. The molecule has 0 atom stereocenters. The van der Waals surface area contributed by atoms with Crippen LogP contribution in [0.15, 0.2) is 59.6 Å². The van der Waals surface area contributed by atoms with Crippen molar-refractivity contribution in [1.29, 1.82) is 0 Å². The molecule has 2 N–H and O–H groups in total. The Morgan fingerprint density at radius 3 is 2.24 bits per heavy atom. The first-order chi connectivity index (χ1) is 16.2. The van der Waals surface area contributed by atoms with Crippen LogP contribution in [0.4, 0.5) is 5.69 Å². The molecule has 2 aromatic rings. The molecule has 184 valence electrons. The topological polar surface area (TPSA) is 63.2 Å². The quantitative estimate of drug-likeness (QED) is 0.288. The third-order valence-electron chi connectivity index (χ3n) is 6.44. The first kappa shape index (κ1) is 26.4. The van der Waals surface area contributed by atoms with E-state index in [1.165, 1.54) is 11.1 Å². The zero-order valence-corrected chi connectivity index (χ0v) is 22.4. The van der Waals surface area contributed by atoms with Crippen LogP contribution in [0, 0.1) is 0 Å². The molecule has 2 aromatic carbocycles. The van der Waals surface area contributed by atoms with Gasteiger partial charge in [0.2, 0.25) is 5.91 Å². The van der Waals surface area contributed by atoms with Gasteiger partial charge in [-0.3, -0.25) is 19.6 Å². The molecule has 34 heavy (non-hydrogen) atoms. The molecule has 0 unspecified atom stereocenters. The number of halogens is 1. The molecule has 8 heteroatoms. The second kappa shape index (κ2) is 13.7. The maximum absolute atomic E-state index is 11.9. The molecule has 2 aliphatic rings. The molecule has 0 bridgehead atoms. The average molecular weight is 577 g/mol. The van der Waals surface area contributed by atoms with E-state index in [4.69, 9.17) is 0 Å². The van der Waals surface area contributed by atoms with Gasteiger partial charge in [-0.1, -0.05) is 42.5 Å². The maximum Gasteiger partial charge on any atom is 0.227 e. The van der Waals surface area contributed by atoms with E-state index in [0.717, 1.165) is 70.4 Å². The minimum Gasteiger partial charge on any atom is -0.355 e. The molecule has 0 aliphatic carbocycles. The van der Waals surface area contributed by atoms with E-state index >= 15 is 0 Å². The minimum atomic E-state index is 0. The van der Waals surface area contributed by atoms with Crippen LogP contribution in [0.3, 0.4) is 0 Å². The fraction of sp³-hybridized carbons (Fsp3) is 0.462. The van der Waals surface area contributed by atoms with Gasteiger partial charge in [0.05, 0.1) is 0 Å². The van der Waals surface area contributed by atoms with E-state index in [0.29, 0.717) is 13.0 Å². The van der Waals surface area contributed by atoms with Crippen molar-refractivity contribution in [2.24, 2.45) is 4.99 Å². The van der Waals surface area contributed by atoms with Crippen molar-refractivity contribution in [3.05, 3.63) is 65.7 Å². The smallest absolute Gasteiger partial charge is 0.227 e. The summed E-state index contributed by atoms with van der Waals surface area (Å²) in [6.45, 7) is 8.88. The molecule has 0 spiro atoms. The number of hydrogen-bond donors (Lipinski definition) is 2. The summed E-state index contributed by atoms with van der Waals surface area (Å²) in [4.78, 5) is 23.2. The third kappa shape index (κ3) is 7.68. The Hall–Kier alpha value is -2.17. The van der Waals surface area contributed by atoms with Gasteiger partial charge in [-0.25, -0.2) is 0 Å². The van der Waals surface area contributed by atoms with Crippen LogP contribution in [-0.4, -0.2) is 74.5 Å². The number of amides is 1. The second-order valence-electron chi connectivity index (χ2n) is 8.77. The molecule has 0 saturated carbocycles. The fourth-order valence-electron chi connectivity index (χ4n) is 4.47. The molecule has 4 rings (SSSR count). The number of nitrogens with one attached hydrogen (secondary N) is 2. The van der Waals surface area contributed by atoms with Gasteiger partial charge < -0.3 is 15.5 Å². The molecule has 2 fully saturated rings. The van der Waals surface area contributed by atoms with Gasteiger partial charge in [-0.05, 0) is 29.7 Å². The summed E-state index contributed by atoms with van der Waals surface area (Å²) in [5, 5.41) is 6.82. The van der Waals surface area contributed by atoms with Gasteiger partial charge in [-0.2, -0.15) is 0 Å². The van der Waals surface area contributed by atoms with Crippen LogP contribution < -0.4 is 15.5 Å². The van der Waals surface area contributed by atoms with E-state index < -0.39 is 0 Å². The molecule has 0 aromatic heterocycles. The second-order valence-corrected chi connectivity index (χ2v) is 8.77. The Morgan fingerprint density at radius 1 is 0.882 bits per heavy atom. The van der Waals surface area contributed by atoms with Crippen LogP contribution in [-0.2, 0) is 17.9 Å². The van der Waals surface area contributed by atoms with Gasteiger partial charge in [0.15, 0.2) is 5.96 Å². The number of guanidine groups is 1. The summed E-state index contributed by atoms with van der Waals surface area (Å²) in [6, 6.07) is 18.9. The molecule has 0 radical (unpaired) electrons. The van der Waals surface area contributed by atoms with Crippen LogP contribution in [0.25, 0.3) is 0 Å². The Labute approximate surface area is 220 Å². The first-order valence-electron chi connectivity index (χ1n) is 12.0. The zero-order chi connectivity index (χ0) is 22.9. The predicted octanol–water partition coefficient (Wildman–Crippen LogP) is 2.91. The van der Waals surface area contributed by atoms with Crippen LogP contribution in [0.2, 0.25) is 0 Å². The standard InChI is InChI=1S/C26H36N6O.HI/c1-27-26(29-20-22-9-11-24(12-10-22)32-14-5-8-25(32)33)28-13-15-30-16-18-31(19-17-30)21-23-6-3-2-4-7-23;/h2-4,6-7,9-12H,5,8,13-21H2,1H3,(H2,27,28,29);1H. The van der Waals surface area contributed by atoms with E-state index in [1.54, 1.807) is 7.05 Å². The SMILES string of the molecule is CN=C(NCCN1CCN(Cc2ccccc2)CC1)NCc1ccc(N2CCCC2=O)cc1.I. The van der Waals surface area contributed by atoms with Gasteiger partial charge in [0.1, 0.15) is 0 Å². The van der Waals surface area contributed by atoms with E-state index in [1.807, 2.05) is 17.0 Å². The molecular weight excluding hydrogens is 539 g/mol. The largest absolute Gasteiger partial charge is 0.355 e. The molecule has 7 nitrogen and oxygen atoms in total. The molecule has 2 aliphatic heterocycles. The summed E-state index contributed by atoms with van der Waals surface area (Å²) < 4.78 is 0. The lowest BCUT2D eigenvalue weighted by Gasteiger charge is -2.34. The van der Waals surface area contributed by atoms with Crippen molar-refractivity contribution >= 4 is 41.5 Å². The van der Waals surface area contributed by atoms with E-state index in [9.17, 15) is 4.79 Å². The zero-order valence-electron chi connectivity index (χ0n) is 20.1. The third-order valence-corrected chi connectivity index (χ3v) is 6.44. The van der Waals surface area contributed by atoms with Crippen molar-refractivity contribution in [3.63, 3.8) is 0 Å². The highest BCUT2D eigenvalue weighted by molar-refractivity contribution is 14.0. The van der Waals surface area contributed by atoms with Crippen LogP contribution >= 0.6 is 24.0 Å². The van der Waals surface area contributed by atoms with Crippen LogP contribution in [0.5, 0.6) is 0 Å². The number of carbonyl (C=O) groups is 1. The van der Waals surface area contributed by atoms with Gasteiger partial charge in [0.25, 0.3) is 0 Å². The van der Waals surface area contributed by atoms with E-state index in [-0.39, 0.29) is 29.9 Å². The molecule has 1 amide bonds. The number of carbonyl (C=O) groups excluding carboxylic acids is 1. The fourth-order valence-corrected chi connectivity index (χ4v) is 4.47. The Kier molecular flexibility index (Phi) is 10.6. The number of nitrogens with zero attached hydrogens (tertiary/aromatic N) is 4. The average Bonchev–Trinajstić information content (AvgIpc) is 3.29. The van der Waals surface area contributed by atoms with E-state index in [2.05, 4.69) is 67.9 Å².